The highest BCUT2D eigenvalue weighted by molar-refractivity contribution is 5.50. The number of benzene rings is 1. The lowest BCUT2D eigenvalue weighted by Crippen LogP contribution is -2.61. The summed E-state index contributed by atoms with van der Waals surface area (Å²) >= 11 is 0. The number of fused-ring (bicyclic) bond motifs is 4. The van der Waals surface area contributed by atoms with Gasteiger partial charge in [-0.3, -0.25) is 0 Å². The van der Waals surface area contributed by atoms with Gasteiger partial charge in [0.1, 0.15) is 18.5 Å². The highest BCUT2D eigenvalue weighted by Gasteiger charge is 2.59. The molecule has 1 aromatic rings. The fourth-order valence-electron chi connectivity index (χ4n) is 4.28. The van der Waals surface area contributed by atoms with Crippen LogP contribution in [0.15, 0.2) is 18.2 Å². The molecule has 1 saturated heterocycles. The molecule has 1 aliphatic heterocycles. The molecule has 2 bridgehead atoms. The zero-order valence-electron chi connectivity index (χ0n) is 12.4. The SMILES string of the molecule is CC=[N+]1CC[C@@]2(C)c3cccc(O)c3C[C@@H]1C2(C)C. The molecular weight excluding hydrogens is 234 g/mol. The second-order valence-corrected chi connectivity index (χ2v) is 6.82. The van der Waals surface area contributed by atoms with E-state index in [4.69, 9.17) is 0 Å². The zero-order valence-corrected chi connectivity index (χ0v) is 12.4. The van der Waals surface area contributed by atoms with Crippen LogP contribution >= 0.6 is 0 Å². The Bertz CT molecular complexity index is 558. The van der Waals surface area contributed by atoms with Crippen LogP contribution in [0.2, 0.25) is 0 Å². The summed E-state index contributed by atoms with van der Waals surface area (Å²) < 4.78 is 2.47. The van der Waals surface area contributed by atoms with Gasteiger partial charge >= 0.3 is 0 Å². The molecule has 1 N–H and O–H groups in total. The summed E-state index contributed by atoms with van der Waals surface area (Å²) in [6.45, 7) is 10.4. The predicted molar refractivity (Wildman–Crippen MR) is 78.2 cm³/mol. The average Bonchev–Trinajstić information content (AvgIpc) is 2.35. The molecule has 3 rings (SSSR count). The lowest BCUT2D eigenvalue weighted by Gasteiger charge is -2.54. The van der Waals surface area contributed by atoms with Gasteiger partial charge in [0, 0.05) is 36.2 Å². The van der Waals surface area contributed by atoms with Gasteiger partial charge in [0.05, 0.1) is 0 Å². The summed E-state index contributed by atoms with van der Waals surface area (Å²) in [5, 5.41) is 10.2. The van der Waals surface area contributed by atoms with Crippen LogP contribution in [0.1, 0.15) is 45.2 Å². The van der Waals surface area contributed by atoms with E-state index in [0.29, 0.717) is 11.8 Å². The third-order valence-electron chi connectivity index (χ3n) is 6.00. The van der Waals surface area contributed by atoms with E-state index < -0.39 is 0 Å². The number of hydrogen-bond acceptors (Lipinski definition) is 1. The normalized spacial score (nSPS) is 34.1. The lowest BCUT2D eigenvalue weighted by molar-refractivity contribution is -0.599. The summed E-state index contributed by atoms with van der Waals surface area (Å²) in [4.78, 5) is 0. The molecule has 1 aromatic carbocycles. The smallest absolute Gasteiger partial charge is 0.162 e. The van der Waals surface area contributed by atoms with Gasteiger partial charge in [-0.1, -0.05) is 32.9 Å². The van der Waals surface area contributed by atoms with E-state index in [1.807, 2.05) is 12.1 Å². The Kier molecular flexibility index (Phi) is 2.57. The Hall–Kier alpha value is -1.31. The van der Waals surface area contributed by atoms with E-state index in [1.54, 1.807) is 0 Å². The Morgan fingerprint density at radius 1 is 1.32 bits per heavy atom. The van der Waals surface area contributed by atoms with Gasteiger partial charge in [-0.25, -0.2) is 4.58 Å². The van der Waals surface area contributed by atoms with Crippen LogP contribution in [0.4, 0.5) is 0 Å². The molecule has 1 fully saturated rings. The fraction of sp³-hybridized carbons (Fsp3) is 0.588. The summed E-state index contributed by atoms with van der Waals surface area (Å²) in [5.74, 6) is 0.474. The van der Waals surface area contributed by atoms with Crippen LogP contribution in [0.25, 0.3) is 0 Å². The summed E-state index contributed by atoms with van der Waals surface area (Å²) in [6, 6.07) is 6.53. The number of phenolic OH excluding ortho intramolecular Hbond substituents is 1. The highest BCUT2D eigenvalue weighted by atomic mass is 16.3. The maximum atomic E-state index is 10.2. The standard InChI is InChI=1S/C17H23NO/c1-5-18-10-9-17(4)13-7-6-8-14(19)12(13)11-15(18)16(17,2)3/h5-8,15H,9-11H2,1-4H3/p+1/t15-,17+/m1/s1. The molecular formula is C17H24NO+. The van der Waals surface area contributed by atoms with Crippen molar-refractivity contribution in [2.45, 2.75) is 52.0 Å². The van der Waals surface area contributed by atoms with Crippen molar-refractivity contribution in [3.05, 3.63) is 29.3 Å². The first-order chi connectivity index (χ1) is 8.91. The van der Waals surface area contributed by atoms with Crippen molar-refractivity contribution in [2.75, 3.05) is 6.54 Å². The number of aromatic hydroxyl groups is 1. The maximum absolute atomic E-state index is 10.2. The molecule has 102 valence electrons. The van der Waals surface area contributed by atoms with Gasteiger partial charge < -0.3 is 5.11 Å². The largest absolute Gasteiger partial charge is 0.508 e. The number of phenols is 1. The molecule has 0 amide bonds. The van der Waals surface area contributed by atoms with E-state index in [2.05, 4.69) is 44.6 Å². The molecule has 2 atom stereocenters. The van der Waals surface area contributed by atoms with Crippen molar-refractivity contribution in [1.29, 1.82) is 0 Å². The highest BCUT2D eigenvalue weighted by Crippen LogP contribution is 2.56. The van der Waals surface area contributed by atoms with Crippen LogP contribution in [0.5, 0.6) is 5.75 Å². The second-order valence-electron chi connectivity index (χ2n) is 6.82. The Labute approximate surface area is 115 Å². The van der Waals surface area contributed by atoms with Gasteiger partial charge in [-0.15, -0.1) is 0 Å². The van der Waals surface area contributed by atoms with E-state index in [0.717, 1.165) is 19.4 Å². The molecule has 0 unspecified atom stereocenters. The molecule has 0 saturated carbocycles. The monoisotopic (exact) mass is 258 g/mol. The Morgan fingerprint density at radius 3 is 2.74 bits per heavy atom. The van der Waals surface area contributed by atoms with E-state index in [-0.39, 0.29) is 10.8 Å². The van der Waals surface area contributed by atoms with Crippen molar-refractivity contribution in [3.63, 3.8) is 0 Å². The first-order valence-electron chi connectivity index (χ1n) is 7.28. The summed E-state index contributed by atoms with van der Waals surface area (Å²) in [7, 11) is 0. The molecule has 0 radical (unpaired) electrons. The van der Waals surface area contributed by atoms with Gasteiger partial charge in [0.15, 0.2) is 6.04 Å². The van der Waals surface area contributed by atoms with Crippen LogP contribution in [0, 0.1) is 5.41 Å². The topological polar surface area (TPSA) is 23.2 Å². The quantitative estimate of drug-likeness (QED) is 0.710. The zero-order chi connectivity index (χ0) is 13.8. The number of nitrogens with zero attached hydrogens (tertiary/aromatic N) is 1. The van der Waals surface area contributed by atoms with Crippen LogP contribution in [-0.2, 0) is 11.8 Å². The maximum Gasteiger partial charge on any atom is 0.162 e. The van der Waals surface area contributed by atoms with Crippen LogP contribution < -0.4 is 0 Å². The molecule has 2 aliphatic rings. The van der Waals surface area contributed by atoms with E-state index in [1.165, 1.54) is 11.1 Å². The second kappa shape index (κ2) is 3.84. The number of piperidine rings is 1. The van der Waals surface area contributed by atoms with Crippen molar-refractivity contribution < 1.29 is 9.68 Å². The fourth-order valence-corrected chi connectivity index (χ4v) is 4.28. The van der Waals surface area contributed by atoms with Gasteiger partial charge in [-0.05, 0) is 11.6 Å². The minimum absolute atomic E-state index is 0.156. The van der Waals surface area contributed by atoms with Crippen molar-refractivity contribution >= 4 is 6.21 Å². The van der Waals surface area contributed by atoms with E-state index >= 15 is 0 Å². The third-order valence-corrected chi connectivity index (χ3v) is 6.00. The molecule has 2 heteroatoms. The molecule has 19 heavy (non-hydrogen) atoms. The average molecular weight is 258 g/mol. The first-order valence-corrected chi connectivity index (χ1v) is 7.28. The molecule has 2 nitrogen and oxygen atoms in total. The Balaban J connectivity index is 2.26. The predicted octanol–water partition coefficient (Wildman–Crippen LogP) is 3.11. The van der Waals surface area contributed by atoms with Crippen LogP contribution in [-0.4, -0.2) is 28.5 Å². The van der Waals surface area contributed by atoms with Gasteiger partial charge in [0.25, 0.3) is 0 Å². The number of rotatable bonds is 0. The van der Waals surface area contributed by atoms with Crippen molar-refractivity contribution in [2.24, 2.45) is 5.41 Å². The van der Waals surface area contributed by atoms with E-state index in [9.17, 15) is 5.11 Å². The number of hydrogen-bond donors (Lipinski definition) is 1. The van der Waals surface area contributed by atoms with Gasteiger partial charge in [0.2, 0.25) is 0 Å². The minimum atomic E-state index is 0.156. The molecule has 1 aliphatic carbocycles. The molecule has 0 aromatic heterocycles. The van der Waals surface area contributed by atoms with Gasteiger partial charge in [-0.2, -0.15) is 0 Å². The van der Waals surface area contributed by atoms with Crippen LogP contribution in [0.3, 0.4) is 0 Å². The summed E-state index contributed by atoms with van der Waals surface area (Å²) in [6.07, 6.45) is 4.32. The Morgan fingerprint density at radius 2 is 2.05 bits per heavy atom. The van der Waals surface area contributed by atoms with Crippen molar-refractivity contribution in [3.8, 4) is 5.75 Å². The lowest BCUT2D eigenvalue weighted by atomic mass is 9.51. The third kappa shape index (κ3) is 1.46. The first kappa shape index (κ1) is 12.7. The molecule has 0 spiro atoms. The minimum Gasteiger partial charge on any atom is -0.508 e. The van der Waals surface area contributed by atoms with Crippen molar-refractivity contribution in [1.82, 2.24) is 0 Å². The summed E-state index contributed by atoms with van der Waals surface area (Å²) in [5.41, 5.74) is 2.91. The molecule has 1 heterocycles.